The minimum Gasteiger partial charge on any atom is -0.349 e. The molecule has 0 spiro atoms. The lowest BCUT2D eigenvalue weighted by molar-refractivity contribution is -0.119. The summed E-state index contributed by atoms with van der Waals surface area (Å²) in [6.07, 6.45) is 2.67. The van der Waals surface area contributed by atoms with Crippen LogP contribution in [0.3, 0.4) is 0 Å². The first kappa shape index (κ1) is 18.2. The van der Waals surface area contributed by atoms with Gasteiger partial charge in [-0.2, -0.15) is 0 Å². The number of anilines is 1. The maximum Gasteiger partial charge on any atom is 0.241 e. The highest BCUT2D eigenvalue weighted by Gasteiger charge is 2.21. The molecule has 1 aromatic carbocycles. The first-order valence-corrected chi connectivity index (χ1v) is 9.40. The molecule has 0 fully saturated rings. The van der Waals surface area contributed by atoms with Crippen LogP contribution in [0.1, 0.15) is 11.3 Å². The highest BCUT2D eigenvalue weighted by atomic mass is 35.5. The molecule has 128 valence electrons. The lowest BCUT2D eigenvalue weighted by Crippen LogP contribution is -2.40. The molecular formula is C16H18ClN3O3S. The number of pyridine rings is 1. The van der Waals surface area contributed by atoms with Gasteiger partial charge in [-0.1, -0.05) is 23.7 Å². The Morgan fingerprint density at radius 1 is 1.29 bits per heavy atom. The van der Waals surface area contributed by atoms with Gasteiger partial charge < -0.3 is 5.32 Å². The van der Waals surface area contributed by atoms with Crippen LogP contribution in [-0.2, 0) is 21.4 Å². The third kappa shape index (κ3) is 4.94. The minimum absolute atomic E-state index is 0.228. The molecule has 0 saturated carbocycles. The van der Waals surface area contributed by atoms with Crippen molar-refractivity contribution in [1.29, 1.82) is 0 Å². The Morgan fingerprint density at radius 3 is 2.62 bits per heavy atom. The van der Waals surface area contributed by atoms with Gasteiger partial charge >= 0.3 is 0 Å². The number of aryl methyl sites for hydroxylation is 1. The van der Waals surface area contributed by atoms with E-state index < -0.39 is 15.9 Å². The van der Waals surface area contributed by atoms with Crippen molar-refractivity contribution in [3.63, 3.8) is 0 Å². The number of halogens is 1. The normalized spacial score (nSPS) is 11.1. The fourth-order valence-corrected chi connectivity index (χ4v) is 3.04. The third-order valence-electron chi connectivity index (χ3n) is 3.32. The maximum atomic E-state index is 12.1. The summed E-state index contributed by atoms with van der Waals surface area (Å²) >= 11 is 6.06. The molecule has 0 aliphatic carbocycles. The van der Waals surface area contributed by atoms with Crippen molar-refractivity contribution in [3.8, 4) is 0 Å². The fourth-order valence-electron chi connectivity index (χ4n) is 2.02. The van der Waals surface area contributed by atoms with E-state index in [1.54, 1.807) is 30.5 Å². The number of amides is 1. The van der Waals surface area contributed by atoms with Crippen LogP contribution in [0.25, 0.3) is 0 Å². The molecule has 0 atom stereocenters. The van der Waals surface area contributed by atoms with Crippen LogP contribution in [0.5, 0.6) is 0 Å². The van der Waals surface area contributed by atoms with Gasteiger partial charge in [-0.3, -0.25) is 14.1 Å². The molecule has 1 heterocycles. The Morgan fingerprint density at radius 2 is 2.04 bits per heavy atom. The predicted octanol–water partition coefficient (Wildman–Crippen LogP) is 2.13. The van der Waals surface area contributed by atoms with Gasteiger partial charge in [-0.15, -0.1) is 0 Å². The van der Waals surface area contributed by atoms with Gasteiger partial charge in [-0.25, -0.2) is 8.42 Å². The molecule has 6 nitrogen and oxygen atoms in total. The number of sulfonamides is 1. The highest BCUT2D eigenvalue weighted by molar-refractivity contribution is 7.92. The van der Waals surface area contributed by atoms with Crippen LogP contribution in [0.15, 0.2) is 42.6 Å². The summed E-state index contributed by atoms with van der Waals surface area (Å²) in [5.74, 6) is -0.428. The average molecular weight is 368 g/mol. The lowest BCUT2D eigenvalue weighted by atomic mass is 10.2. The van der Waals surface area contributed by atoms with Crippen LogP contribution >= 0.6 is 11.6 Å². The second kappa shape index (κ2) is 7.63. The zero-order valence-electron chi connectivity index (χ0n) is 13.4. The second-order valence-electron chi connectivity index (χ2n) is 5.30. The molecule has 0 saturated heterocycles. The van der Waals surface area contributed by atoms with E-state index in [0.29, 0.717) is 16.4 Å². The number of rotatable bonds is 6. The molecule has 0 bridgehead atoms. The first-order chi connectivity index (χ1) is 11.3. The highest BCUT2D eigenvalue weighted by Crippen LogP contribution is 2.24. The van der Waals surface area contributed by atoms with Gasteiger partial charge in [0.1, 0.15) is 6.54 Å². The minimum atomic E-state index is -3.63. The molecular weight excluding hydrogens is 350 g/mol. The zero-order chi connectivity index (χ0) is 17.7. The number of nitrogens with zero attached hydrogens (tertiary/aromatic N) is 2. The van der Waals surface area contributed by atoms with E-state index >= 15 is 0 Å². The Hall–Kier alpha value is -2.12. The molecule has 2 aromatic rings. The van der Waals surface area contributed by atoms with E-state index in [9.17, 15) is 13.2 Å². The van der Waals surface area contributed by atoms with Crippen LogP contribution < -0.4 is 9.62 Å². The molecule has 1 aromatic heterocycles. The van der Waals surface area contributed by atoms with Gasteiger partial charge in [0, 0.05) is 11.2 Å². The molecule has 8 heteroatoms. The topological polar surface area (TPSA) is 79.4 Å². The average Bonchev–Trinajstić information content (AvgIpc) is 2.53. The standard InChI is InChI=1S/C16H18ClN3O3S/c1-12-6-7-14(9-15(12)17)20(24(2,22)23)11-16(21)19-10-13-5-3-4-8-18-13/h3-9H,10-11H2,1-2H3,(H,19,21). The van der Waals surface area contributed by atoms with Crippen molar-refractivity contribution in [2.45, 2.75) is 13.5 Å². The zero-order valence-corrected chi connectivity index (χ0v) is 14.9. The van der Waals surface area contributed by atoms with E-state index in [0.717, 1.165) is 16.1 Å². The van der Waals surface area contributed by atoms with Crippen LogP contribution in [0, 0.1) is 6.92 Å². The van der Waals surface area contributed by atoms with Crippen molar-refractivity contribution in [2.75, 3.05) is 17.1 Å². The molecule has 1 N–H and O–H groups in total. The molecule has 1 amide bonds. The van der Waals surface area contributed by atoms with Crippen LogP contribution in [-0.4, -0.2) is 32.1 Å². The number of hydrogen-bond donors (Lipinski definition) is 1. The molecule has 0 radical (unpaired) electrons. The Kier molecular flexibility index (Phi) is 5.80. The molecule has 0 aliphatic rings. The van der Waals surface area contributed by atoms with E-state index in [2.05, 4.69) is 10.3 Å². The van der Waals surface area contributed by atoms with Crippen molar-refractivity contribution in [3.05, 3.63) is 58.9 Å². The Balaban J connectivity index is 2.11. The van der Waals surface area contributed by atoms with Gasteiger partial charge in [-0.05, 0) is 36.8 Å². The fraction of sp³-hybridized carbons (Fsp3) is 0.250. The van der Waals surface area contributed by atoms with Crippen LogP contribution in [0.2, 0.25) is 5.02 Å². The largest absolute Gasteiger partial charge is 0.349 e. The van der Waals surface area contributed by atoms with Gasteiger partial charge in [0.15, 0.2) is 0 Å². The number of aromatic nitrogens is 1. The summed E-state index contributed by atoms with van der Waals surface area (Å²) < 4.78 is 25.1. The van der Waals surface area contributed by atoms with Crippen molar-refractivity contribution in [1.82, 2.24) is 10.3 Å². The second-order valence-corrected chi connectivity index (χ2v) is 7.61. The number of hydrogen-bond acceptors (Lipinski definition) is 4. The number of benzene rings is 1. The number of nitrogens with one attached hydrogen (secondary N) is 1. The van der Waals surface area contributed by atoms with Crippen molar-refractivity contribution in [2.24, 2.45) is 0 Å². The molecule has 2 rings (SSSR count). The molecule has 0 aliphatic heterocycles. The van der Waals surface area contributed by atoms with E-state index in [1.807, 2.05) is 13.0 Å². The van der Waals surface area contributed by atoms with Gasteiger partial charge in [0.05, 0.1) is 24.2 Å². The van der Waals surface area contributed by atoms with E-state index in [-0.39, 0.29) is 13.1 Å². The predicted molar refractivity (Wildman–Crippen MR) is 94.5 cm³/mol. The number of carbonyl (C=O) groups excluding carboxylic acids is 1. The third-order valence-corrected chi connectivity index (χ3v) is 4.87. The van der Waals surface area contributed by atoms with Gasteiger partial charge in [0.2, 0.25) is 15.9 Å². The monoisotopic (exact) mass is 367 g/mol. The van der Waals surface area contributed by atoms with Gasteiger partial charge in [0.25, 0.3) is 0 Å². The smallest absolute Gasteiger partial charge is 0.241 e. The number of carbonyl (C=O) groups is 1. The molecule has 24 heavy (non-hydrogen) atoms. The quantitative estimate of drug-likeness (QED) is 0.848. The summed E-state index contributed by atoms with van der Waals surface area (Å²) in [6.45, 7) is 1.72. The summed E-state index contributed by atoms with van der Waals surface area (Å²) in [6, 6.07) is 10.2. The SMILES string of the molecule is Cc1ccc(N(CC(=O)NCc2ccccn2)S(C)(=O)=O)cc1Cl. The lowest BCUT2D eigenvalue weighted by Gasteiger charge is -2.22. The summed E-state index contributed by atoms with van der Waals surface area (Å²) in [4.78, 5) is 16.2. The van der Waals surface area contributed by atoms with Crippen molar-refractivity contribution >= 4 is 33.2 Å². The van der Waals surface area contributed by atoms with Crippen molar-refractivity contribution < 1.29 is 13.2 Å². The molecule has 0 unspecified atom stereocenters. The Bertz CT molecular complexity index is 826. The Labute approximate surface area is 146 Å². The first-order valence-electron chi connectivity index (χ1n) is 7.18. The van der Waals surface area contributed by atoms with E-state index in [1.165, 1.54) is 6.07 Å². The van der Waals surface area contributed by atoms with E-state index in [4.69, 9.17) is 11.6 Å². The van der Waals surface area contributed by atoms with Crippen LogP contribution in [0.4, 0.5) is 5.69 Å². The summed E-state index contributed by atoms with van der Waals surface area (Å²) in [7, 11) is -3.63. The summed E-state index contributed by atoms with van der Waals surface area (Å²) in [5.41, 5.74) is 1.87. The summed E-state index contributed by atoms with van der Waals surface area (Å²) in [5, 5.41) is 3.10. The maximum absolute atomic E-state index is 12.1.